The second kappa shape index (κ2) is 5.23. The van der Waals surface area contributed by atoms with Crippen LogP contribution < -0.4 is 0 Å². The molecule has 20 heavy (non-hydrogen) atoms. The molecule has 2 rings (SSSR count). The van der Waals surface area contributed by atoms with Gasteiger partial charge in [0.05, 0.1) is 0 Å². The van der Waals surface area contributed by atoms with Crippen molar-refractivity contribution in [2.75, 3.05) is 13.1 Å². The third-order valence-electron chi connectivity index (χ3n) is 3.29. The Morgan fingerprint density at radius 2 is 2.05 bits per heavy atom. The highest BCUT2D eigenvalue weighted by Crippen LogP contribution is 2.35. The molecule has 1 fully saturated rings. The molecular weight excluding hydrogens is 258 g/mol. The first kappa shape index (κ1) is 14.5. The van der Waals surface area contributed by atoms with Gasteiger partial charge in [0.25, 0.3) is 0 Å². The van der Waals surface area contributed by atoms with E-state index >= 15 is 0 Å². The number of ether oxygens (including phenoxy) is 1. The van der Waals surface area contributed by atoms with Crippen LogP contribution in [0.4, 0.5) is 4.79 Å². The zero-order chi connectivity index (χ0) is 14.9. The van der Waals surface area contributed by atoms with Gasteiger partial charge in [-0.25, -0.2) is 4.79 Å². The van der Waals surface area contributed by atoms with Crippen LogP contribution in [0.1, 0.15) is 38.7 Å². The second-order valence-electron chi connectivity index (χ2n) is 6.16. The molecule has 0 saturated carbocycles. The van der Waals surface area contributed by atoms with Crippen LogP contribution in [0.25, 0.3) is 0 Å². The molecule has 0 bridgehead atoms. The fraction of sp³-hybridized carbons (Fsp3) is 0.533. The molecule has 2 N–H and O–H groups in total. The van der Waals surface area contributed by atoms with Crippen LogP contribution in [-0.4, -0.2) is 39.9 Å². The van der Waals surface area contributed by atoms with E-state index in [-0.39, 0.29) is 23.5 Å². The number of likely N-dealkylation sites (tertiary alicyclic amines) is 1. The predicted octanol–water partition coefficient (Wildman–Crippen LogP) is 2.82. The number of phenols is 2. The largest absolute Gasteiger partial charge is 0.508 e. The molecular formula is C15H21NO4. The summed E-state index contributed by atoms with van der Waals surface area (Å²) in [5.41, 5.74) is 0.254. The van der Waals surface area contributed by atoms with Crippen molar-refractivity contribution >= 4 is 6.09 Å². The van der Waals surface area contributed by atoms with Gasteiger partial charge in [0.15, 0.2) is 0 Å². The van der Waals surface area contributed by atoms with Crippen molar-refractivity contribution in [1.82, 2.24) is 4.90 Å². The molecule has 0 radical (unpaired) electrons. The monoisotopic (exact) mass is 279 g/mol. The number of nitrogens with zero attached hydrogens (tertiary/aromatic N) is 1. The normalized spacial score (nSPS) is 19.1. The average Bonchev–Trinajstić information content (AvgIpc) is 2.75. The molecule has 1 amide bonds. The maximum Gasteiger partial charge on any atom is 0.410 e. The van der Waals surface area contributed by atoms with E-state index in [2.05, 4.69) is 0 Å². The fourth-order valence-corrected chi connectivity index (χ4v) is 2.38. The molecule has 1 aromatic rings. The Morgan fingerprint density at radius 3 is 2.65 bits per heavy atom. The molecule has 0 aromatic heterocycles. The van der Waals surface area contributed by atoms with E-state index in [9.17, 15) is 15.0 Å². The van der Waals surface area contributed by atoms with Gasteiger partial charge in [-0.15, -0.1) is 0 Å². The van der Waals surface area contributed by atoms with Crippen LogP contribution in [0.2, 0.25) is 0 Å². The standard InChI is InChI=1S/C15H21NO4/c1-15(2,3)20-14(19)16-7-6-10(9-16)12-5-4-11(17)8-13(12)18/h4-5,8,10,17-18H,6-7,9H2,1-3H3. The van der Waals surface area contributed by atoms with Crippen molar-refractivity contribution in [3.8, 4) is 11.5 Å². The number of hydrogen-bond donors (Lipinski definition) is 2. The Bertz CT molecular complexity index is 507. The summed E-state index contributed by atoms with van der Waals surface area (Å²) in [6, 6.07) is 4.57. The zero-order valence-corrected chi connectivity index (χ0v) is 12.1. The van der Waals surface area contributed by atoms with Gasteiger partial charge in [-0.05, 0) is 38.8 Å². The van der Waals surface area contributed by atoms with Gasteiger partial charge in [0.2, 0.25) is 0 Å². The average molecular weight is 279 g/mol. The number of carbonyl (C=O) groups is 1. The quantitative estimate of drug-likeness (QED) is 0.829. The lowest BCUT2D eigenvalue weighted by Crippen LogP contribution is -2.35. The summed E-state index contributed by atoms with van der Waals surface area (Å²) < 4.78 is 5.34. The van der Waals surface area contributed by atoms with Crippen LogP contribution in [0.3, 0.4) is 0 Å². The smallest absolute Gasteiger partial charge is 0.410 e. The second-order valence-corrected chi connectivity index (χ2v) is 6.16. The van der Waals surface area contributed by atoms with Gasteiger partial charge >= 0.3 is 6.09 Å². The van der Waals surface area contributed by atoms with Crippen LogP contribution in [0.5, 0.6) is 11.5 Å². The number of aromatic hydroxyl groups is 2. The molecule has 1 atom stereocenters. The van der Waals surface area contributed by atoms with Crippen molar-refractivity contribution in [2.45, 2.75) is 38.7 Å². The number of hydrogen-bond acceptors (Lipinski definition) is 4. The van der Waals surface area contributed by atoms with Gasteiger partial charge in [-0.2, -0.15) is 0 Å². The molecule has 0 aliphatic carbocycles. The number of rotatable bonds is 1. The van der Waals surface area contributed by atoms with E-state index in [1.165, 1.54) is 6.07 Å². The van der Waals surface area contributed by atoms with E-state index in [4.69, 9.17) is 4.74 Å². The molecule has 1 aliphatic rings. The first-order valence-electron chi connectivity index (χ1n) is 6.76. The molecule has 0 spiro atoms. The Hall–Kier alpha value is -1.91. The summed E-state index contributed by atoms with van der Waals surface area (Å²) in [6.45, 7) is 6.64. The zero-order valence-electron chi connectivity index (χ0n) is 12.1. The predicted molar refractivity (Wildman–Crippen MR) is 74.9 cm³/mol. The van der Waals surface area contributed by atoms with E-state index in [1.807, 2.05) is 20.8 Å². The molecule has 1 aromatic carbocycles. The third kappa shape index (κ3) is 3.35. The molecule has 5 nitrogen and oxygen atoms in total. The Labute approximate surface area is 118 Å². The number of amides is 1. The van der Waals surface area contributed by atoms with Gasteiger partial charge in [-0.1, -0.05) is 6.07 Å². The van der Waals surface area contributed by atoms with Crippen molar-refractivity contribution < 1.29 is 19.7 Å². The molecule has 1 unspecified atom stereocenters. The number of carbonyl (C=O) groups excluding carboxylic acids is 1. The number of benzene rings is 1. The van der Waals surface area contributed by atoms with E-state index in [0.29, 0.717) is 13.1 Å². The van der Waals surface area contributed by atoms with Crippen molar-refractivity contribution in [3.05, 3.63) is 23.8 Å². The minimum absolute atomic E-state index is 0.0354. The highest BCUT2D eigenvalue weighted by Gasteiger charge is 2.31. The maximum absolute atomic E-state index is 12.0. The minimum atomic E-state index is -0.504. The highest BCUT2D eigenvalue weighted by atomic mass is 16.6. The van der Waals surface area contributed by atoms with Gasteiger partial charge in [0.1, 0.15) is 17.1 Å². The first-order chi connectivity index (χ1) is 9.26. The van der Waals surface area contributed by atoms with E-state index in [1.54, 1.807) is 17.0 Å². The lowest BCUT2D eigenvalue weighted by molar-refractivity contribution is 0.0292. The minimum Gasteiger partial charge on any atom is -0.508 e. The third-order valence-corrected chi connectivity index (χ3v) is 3.29. The Morgan fingerprint density at radius 1 is 1.35 bits per heavy atom. The Balaban J connectivity index is 2.03. The summed E-state index contributed by atoms with van der Waals surface area (Å²) >= 11 is 0. The van der Waals surface area contributed by atoms with E-state index < -0.39 is 5.60 Å². The molecule has 1 saturated heterocycles. The van der Waals surface area contributed by atoms with Gasteiger partial charge in [0, 0.05) is 25.1 Å². The maximum atomic E-state index is 12.0. The SMILES string of the molecule is CC(C)(C)OC(=O)N1CCC(c2ccc(O)cc2O)C1. The Kier molecular flexibility index (Phi) is 3.79. The van der Waals surface area contributed by atoms with Crippen LogP contribution >= 0.6 is 0 Å². The highest BCUT2D eigenvalue weighted by molar-refractivity contribution is 5.68. The van der Waals surface area contributed by atoms with Crippen LogP contribution in [0, 0.1) is 0 Å². The van der Waals surface area contributed by atoms with E-state index in [0.717, 1.165) is 12.0 Å². The summed E-state index contributed by atoms with van der Waals surface area (Å²) in [7, 11) is 0. The summed E-state index contributed by atoms with van der Waals surface area (Å²) in [4.78, 5) is 13.6. The van der Waals surface area contributed by atoms with Crippen molar-refractivity contribution in [1.29, 1.82) is 0 Å². The molecule has 1 heterocycles. The summed E-state index contributed by atoms with van der Waals surface area (Å²) in [6.07, 6.45) is 0.454. The molecule has 1 aliphatic heterocycles. The summed E-state index contributed by atoms with van der Waals surface area (Å²) in [5.74, 6) is 0.178. The van der Waals surface area contributed by atoms with Crippen molar-refractivity contribution in [2.24, 2.45) is 0 Å². The van der Waals surface area contributed by atoms with Crippen LogP contribution in [-0.2, 0) is 4.74 Å². The fourth-order valence-electron chi connectivity index (χ4n) is 2.38. The summed E-state index contributed by atoms with van der Waals surface area (Å²) in [5, 5.41) is 19.2. The van der Waals surface area contributed by atoms with Gasteiger partial charge < -0.3 is 19.8 Å². The molecule has 110 valence electrons. The lowest BCUT2D eigenvalue weighted by atomic mass is 9.97. The molecule has 5 heteroatoms. The van der Waals surface area contributed by atoms with Crippen molar-refractivity contribution in [3.63, 3.8) is 0 Å². The number of phenolic OH excluding ortho intramolecular Hbond substituents is 2. The lowest BCUT2D eigenvalue weighted by Gasteiger charge is -2.24. The topological polar surface area (TPSA) is 70.0 Å². The van der Waals surface area contributed by atoms with Gasteiger partial charge in [-0.3, -0.25) is 0 Å². The first-order valence-corrected chi connectivity index (χ1v) is 6.76. The van der Waals surface area contributed by atoms with Crippen LogP contribution in [0.15, 0.2) is 18.2 Å².